The molecule has 0 saturated carbocycles. The minimum Gasteiger partial charge on any atom is -0.324 e. The first-order valence-electron chi connectivity index (χ1n) is 5.51. The number of halogens is 3. The van der Waals surface area contributed by atoms with Crippen LogP contribution in [0.3, 0.4) is 0 Å². The molecule has 1 unspecified atom stereocenters. The Morgan fingerprint density at radius 3 is 2.56 bits per heavy atom. The van der Waals surface area contributed by atoms with Crippen molar-refractivity contribution in [2.75, 3.05) is 0 Å². The average Bonchev–Trinajstić information content (AvgIpc) is 2.32. The molecule has 0 heterocycles. The van der Waals surface area contributed by atoms with E-state index >= 15 is 0 Å². The second-order valence-corrected chi connectivity index (χ2v) is 4.52. The highest BCUT2D eigenvalue weighted by Crippen LogP contribution is 2.22. The van der Waals surface area contributed by atoms with Gasteiger partial charge in [-0.1, -0.05) is 29.8 Å². The van der Waals surface area contributed by atoms with Crippen molar-refractivity contribution in [2.45, 2.75) is 12.5 Å². The van der Waals surface area contributed by atoms with Gasteiger partial charge in [0, 0.05) is 6.04 Å². The first-order chi connectivity index (χ1) is 8.56. The van der Waals surface area contributed by atoms with E-state index in [0.717, 1.165) is 11.1 Å². The first kappa shape index (κ1) is 13.0. The second kappa shape index (κ2) is 5.46. The van der Waals surface area contributed by atoms with Crippen molar-refractivity contribution in [3.8, 4) is 0 Å². The van der Waals surface area contributed by atoms with Crippen LogP contribution in [0.2, 0.25) is 5.02 Å². The quantitative estimate of drug-likeness (QED) is 0.898. The van der Waals surface area contributed by atoms with Gasteiger partial charge in [0.05, 0.1) is 5.02 Å². The number of nitrogens with two attached hydrogens (primary N) is 1. The zero-order valence-electron chi connectivity index (χ0n) is 9.54. The lowest BCUT2D eigenvalue weighted by Gasteiger charge is -2.12. The monoisotopic (exact) mass is 267 g/mol. The maximum atomic E-state index is 13.0. The molecule has 0 aliphatic rings. The van der Waals surface area contributed by atoms with Gasteiger partial charge in [-0.2, -0.15) is 0 Å². The molecular formula is C14H12ClF2N. The minimum atomic E-state index is -0.474. The number of benzene rings is 2. The molecule has 0 amide bonds. The highest BCUT2D eigenvalue weighted by Gasteiger charge is 2.10. The van der Waals surface area contributed by atoms with Crippen molar-refractivity contribution in [3.05, 3.63) is 70.2 Å². The average molecular weight is 268 g/mol. The van der Waals surface area contributed by atoms with Crippen molar-refractivity contribution in [3.63, 3.8) is 0 Å². The first-order valence-corrected chi connectivity index (χ1v) is 5.89. The van der Waals surface area contributed by atoms with E-state index in [1.165, 1.54) is 24.3 Å². The van der Waals surface area contributed by atoms with Gasteiger partial charge >= 0.3 is 0 Å². The summed E-state index contributed by atoms with van der Waals surface area (Å²) in [6, 6.07) is 10.3. The van der Waals surface area contributed by atoms with E-state index in [1.807, 2.05) is 0 Å². The molecule has 4 heteroatoms. The molecule has 0 aromatic heterocycles. The number of hydrogen-bond donors (Lipinski definition) is 1. The van der Waals surface area contributed by atoms with Crippen molar-refractivity contribution < 1.29 is 8.78 Å². The summed E-state index contributed by atoms with van der Waals surface area (Å²) in [5, 5.41) is 0.0437. The lowest BCUT2D eigenvalue weighted by molar-refractivity contribution is 0.620. The van der Waals surface area contributed by atoms with E-state index in [1.54, 1.807) is 18.2 Å². The summed E-state index contributed by atoms with van der Waals surface area (Å²) in [6.07, 6.45) is 0.472. The van der Waals surface area contributed by atoms with Crippen molar-refractivity contribution in [2.24, 2.45) is 5.73 Å². The molecule has 94 valence electrons. The van der Waals surface area contributed by atoms with Gasteiger partial charge < -0.3 is 5.73 Å². The van der Waals surface area contributed by atoms with Crippen LogP contribution in [0.25, 0.3) is 0 Å². The van der Waals surface area contributed by atoms with E-state index in [4.69, 9.17) is 17.3 Å². The van der Waals surface area contributed by atoms with Crippen molar-refractivity contribution >= 4 is 11.6 Å². The normalized spacial score (nSPS) is 12.4. The number of hydrogen-bond acceptors (Lipinski definition) is 1. The zero-order valence-corrected chi connectivity index (χ0v) is 10.3. The van der Waals surface area contributed by atoms with E-state index in [0.29, 0.717) is 6.42 Å². The summed E-state index contributed by atoms with van der Waals surface area (Å²) in [7, 11) is 0. The molecule has 18 heavy (non-hydrogen) atoms. The third kappa shape index (κ3) is 3.06. The Kier molecular flexibility index (Phi) is 3.94. The Morgan fingerprint density at radius 2 is 1.89 bits per heavy atom. The standard InChI is InChI=1S/C14H12ClF2N/c15-12-8-10(4-5-13(12)17)14(18)7-9-2-1-3-11(16)6-9/h1-6,8,14H,7,18H2. The Labute approximate surface area is 109 Å². The van der Waals surface area contributed by atoms with Crippen LogP contribution < -0.4 is 5.73 Å². The fourth-order valence-corrected chi connectivity index (χ4v) is 1.97. The Bertz CT molecular complexity index is 557. The molecule has 0 radical (unpaired) electrons. The largest absolute Gasteiger partial charge is 0.324 e. The molecule has 2 rings (SSSR count). The highest BCUT2D eigenvalue weighted by molar-refractivity contribution is 6.30. The fourth-order valence-electron chi connectivity index (χ4n) is 1.78. The molecular weight excluding hydrogens is 256 g/mol. The molecule has 1 nitrogen and oxygen atoms in total. The highest BCUT2D eigenvalue weighted by atomic mass is 35.5. The Hall–Kier alpha value is -1.45. The lowest BCUT2D eigenvalue weighted by Crippen LogP contribution is -2.13. The second-order valence-electron chi connectivity index (χ2n) is 4.11. The van der Waals surface area contributed by atoms with Gasteiger partial charge in [0.25, 0.3) is 0 Å². The SMILES string of the molecule is NC(Cc1cccc(F)c1)c1ccc(F)c(Cl)c1. The van der Waals surface area contributed by atoms with Crippen LogP contribution in [-0.2, 0) is 6.42 Å². The predicted octanol–water partition coefficient (Wildman–Crippen LogP) is 3.86. The smallest absolute Gasteiger partial charge is 0.141 e. The van der Waals surface area contributed by atoms with Gasteiger partial charge in [-0.3, -0.25) is 0 Å². The summed E-state index contributed by atoms with van der Waals surface area (Å²) < 4.78 is 26.0. The van der Waals surface area contributed by atoms with Crippen LogP contribution in [0.1, 0.15) is 17.2 Å². The minimum absolute atomic E-state index is 0.0437. The summed E-state index contributed by atoms with van der Waals surface area (Å²) in [5.74, 6) is -0.768. The summed E-state index contributed by atoms with van der Waals surface area (Å²) in [6.45, 7) is 0. The molecule has 0 aliphatic carbocycles. The van der Waals surface area contributed by atoms with Crippen LogP contribution >= 0.6 is 11.6 Å². The Balaban J connectivity index is 2.16. The van der Waals surface area contributed by atoms with Gasteiger partial charge in [0.15, 0.2) is 0 Å². The molecule has 0 fully saturated rings. The summed E-state index contributed by atoms with van der Waals surface area (Å²) in [4.78, 5) is 0. The van der Waals surface area contributed by atoms with Gasteiger partial charge in [-0.25, -0.2) is 8.78 Å². The molecule has 2 aromatic carbocycles. The third-order valence-electron chi connectivity index (χ3n) is 2.72. The van der Waals surface area contributed by atoms with Gasteiger partial charge in [-0.05, 0) is 41.8 Å². The van der Waals surface area contributed by atoms with Crippen LogP contribution in [-0.4, -0.2) is 0 Å². The molecule has 1 atom stereocenters. The van der Waals surface area contributed by atoms with Crippen LogP contribution in [0, 0.1) is 11.6 Å². The third-order valence-corrected chi connectivity index (χ3v) is 3.01. The van der Waals surface area contributed by atoms with E-state index < -0.39 is 5.82 Å². The van der Waals surface area contributed by atoms with Crippen LogP contribution in [0.4, 0.5) is 8.78 Å². The zero-order chi connectivity index (χ0) is 13.1. The van der Waals surface area contributed by atoms with Crippen LogP contribution in [0.15, 0.2) is 42.5 Å². The molecule has 0 aliphatic heterocycles. The van der Waals surface area contributed by atoms with Gasteiger partial charge in [0.1, 0.15) is 11.6 Å². The maximum Gasteiger partial charge on any atom is 0.141 e. The predicted molar refractivity (Wildman–Crippen MR) is 68.4 cm³/mol. The van der Waals surface area contributed by atoms with E-state index in [9.17, 15) is 8.78 Å². The maximum absolute atomic E-state index is 13.0. The Morgan fingerprint density at radius 1 is 1.11 bits per heavy atom. The molecule has 0 spiro atoms. The summed E-state index contributed by atoms with van der Waals surface area (Å²) >= 11 is 5.70. The topological polar surface area (TPSA) is 26.0 Å². The molecule has 2 aromatic rings. The van der Waals surface area contributed by atoms with Crippen molar-refractivity contribution in [1.29, 1.82) is 0 Å². The summed E-state index contributed by atoms with van der Waals surface area (Å²) in [5.41, 5.74) is 7.51. The molecule has 0 saturated heterocycles. The number of rotatable bonds is 3. The van der Waals surface area contributed by atoms with E-state index in [-0.39, 0.29) is 16.9 Å². The van der Waals surface area contributed by atoms with Gasteiger partial charge in [-0.15, -0.1) is 0 Å². The van der Waals surface area contributed by atoms with Gasteiger partial charge in [0.2, 0.25) is 0 Å². The lowest BCUT2D eigenvalue weighted by atomic mass is 10.00. The van der Waals surface area contributed by atoms with E-state index in [2.05, 4.69) is 0 Å². The molecule has 0 bridgehead atoms. The fraction of sp³-hybridized carbons (Fsp3) is 0.143. The van der Waals surface area contributed by atoms with Crippen LogP contribution in [0.5, 0.6) is 0 Å². The molecule has 2 N–H and O–H groups in total. The van der Waals surface area contributed by atoms with Crippen molar-refractivity contribution in [1.82, 2.24) is 0 Å².